The summed E-state index contributed by atoms with van der Waals surface area (Å²) in [4.78, 5) is 10.8. The molecule has 2 N–H and O–H groups in total. The van der Waals surface area contributed by atoms with Gasteiger partial charge in [-0.05, 0) is 12.1 Å². The number of imidazole rings is 1. The number of aromatic nitrogens is 3. The Labute approximate surface area is 80.2 Å². The molecule has 72 valence electrons. The first-order chi connectivity index (χ1) is 6.84. The Balaban J connectivity index is 1.95. The van der Waals surface area contributed by atoms with Crippen molar-refractivity contribution >= 4 is 5.82 Å². The minimum atomic E-state index is -0.339. The number of aromatic amines is 1. The van der Waals surface area contributed by atoms with Crippen molar-refractivity contribution in [1.29, 1.82) is 0 Å². The Bertz CT molecular complexity index is 382. The van der Waals surface area contributed by atoms with E-state index in [0.29, 0.717) is 12.4 Å². The third-order valence-corrected chi connectivity index (χ3v) is 1.72. The molecule has 0 aromatic carbocycles. The van der Waals surface area contributed by atoms with Crippen molar-refractivity contribution in [3.8, 4) is 0 Å². The van der Waals surface area contributed by atoms with Crippen molar-refractivity contribution < 1.29 is 4.39 Å². The summed E-state index contributed by atoms with van der Waals surface area (Å²) in [5.41, 5.74) is 0. The van der Waals surface area contributed by atoms with E-state index < -0.39 is 0 Å². The van der Waals surface area contributed by atoms with Gasteiger partial charge in [-0.15, -0.1) is 0 Å². The predicted molar refractivity (Wildman–Crippen MR) is 50.1 cm³/mol. The minimum absolute atomic E-state index is 0.339. The van der Waals surface area contributed by atoms with E-state index >= 15 is 0 Å². The molecule has 0 saturated heterocycles. The Morgan fingerprint density at radius 3 is 2.93 bits per heavy atom. The molecule has 0 fully saturated rings. The zero-order chi connectivity index (χ0) is 9.80. The molecular weight excluding hydrogens is 183 g/mol. The summed E-state index contributed by atoms with van der Waals surface area (Å²) in [6, 6.07) is 2.94. The van der Waals surface area contributed by atoms with Crippen molar-refractivity contribution in [3.05, 3.63) is 42.4 Å². The molecule has 0 atom stereocenters. The second kappa shape index (κ2) is 3.87. The fourth-order valence-electron chi connectivity index (χ4n) is 1.05. The number of halogens is 1. The van der Waals surface area contributed by atoms with Gasteiger partial charge in [-0.25, -0.2) is 14.4 Å². The monoisotopic (exact) mass is 192 g/mol. The van der Waals surface area contributed by atoms with E-state index in [2.05, 4.69) is 20.3 Å². The fourth-order valence-corrected chi connectivity index (χ4v) is 1.05. The third kappa shape index (κ3) is 2.07. The summed E-state index contributed by atoms with van der Waals surface area (Å²) in [5.74, 6) is 1.10. The Morgan fingerprint density at radius 1 is 1.36 bits per heavy atom. The van der Waals surface area contributed by atoms with Gasteiger partial charge in [-0.2, -0.15) is 0 Å². The number of H-pyrrole nitrogens is 1. The molecule has 0 aliphatic carbocycles. The number of hydrogen-bond donors (Lipinski definition) is 2. The van der Waals surface area contributed by atoms with Crippen molar-refractivity contribution in [2.45, 2.75) is 6.54 Å². The highest BCUT2D eigenvalue weighted by Gasteiger charge is 1.96. The molecule has 14 heavy (non-hydrogen) atoms. The summed E-state index contributed by atoms with van der Waals surface area (Å²) in [5, 5.41) is 3.00. The van der Waals surface area contributed by atoms with Crippen molar-refractivity contribution in [2.24, 2.45) is 0 Å². The van der Waals surface area contributed by atoms with Crippen LogP contribution >= 0.6 is 0 Å². The molecule has 4 nitrogen and oxygen atoms in total. The lowest BCUT2D eigenvalue weighted by Gasteiger charge is -2.02. The van der Waals surface area contributed by atoms with Gasteiger partial charge in [-0.1, -0.05) is 0 Å². The van der Waals surface area contributed by atoms with Crippen LogP contribution in [-0.2, 0) is 6.54 Å². The van der Waals surface area contributed by atoms with Gasteiger partial charge in [0.05, 0.1) is 12.7 Å². The smallest absolute Gasteiger partial charge is 0.141 e. The summed E-state index contributed by atoms with van der Waals surface area (Å²) in [6.07, 6.45) is 4.59. The molecule has 0 radical (unpaired) electrons. The highest BCUT2D eigenvalue weighted by molar-refractivity contribution is 5.33. The Morgan fingerprint density at radius 2 is 2.29 bits per heavy atom. The fraction of sp³-hybridized carbons (Fsp3) is 0.111. The molecule has 0 spiro atoms. The number of hydrogen-bond acceptors (Lipinski definition) is 3. The quantitative estimate of drug-likeness (QED) is 0.775. The van der Waals surface area contributed by atoms with Crippen LogP contribution in [0, 0.1) is 5.82 Å². The summed E-state index contributed by atoms with van der Waals surface area (Å²) in [6.45, 7) is 0.547. The molecule has 2 heterocycles. The molecule has 0 unspecified atom stereocenters. The van der Waals surface area contributed by atoms with Crippen molar-refractivity contribution in [3.63, 3.8) is 0 Å². The number of nitrogens with zero attached hydrogens (tertiary/aromatic N) is 2. The molecular formula is C9H9FN4. The highest BCUT2D eigenvalue weighted by atomic mass is 19.1. The molecule has 5 heteroatoms. The second-order valence-electron chi connectivity index (χ2n) is 2.75. The van der Waals surface area contributed by atoms with Crippen LogP contribution in [0.5, 0.6) is 0 Å². The van der Waals surface area contributed by atoms with Crippen LogP contribution in [0.25, 0.3) is 0 Å². The normalized spacial score (nSPS) is 10.1. The van der Waals surface area contributed by atoms with Gasteiger partial charge in [0.15, 0.2) is 0 Å². The van der Waals surface area contributed by atoms with Gasteiger partial charge < -0.3 is 10.3 Å². The second-order valence-corrected chi connectivity index (χ2v) is 2.75. The van der Waals surface area contributed by atoms with E-state index in [1.807, 2.05) is 0 Å². The lowest BCUT2D eigenvalue weighted by molar-refractivity contribution is 0.621. The Kier molecular flexibility index (Phi) is 2.40. The zero-order valence-corrected chi connectivity index (χ0v) is 7.37. The summed E-state index contributed by atoms with van der Waals surface area (Å²) >= 11 is 0. The number of pyridine rings is 1. The first-order valence-corrected chi connectivity index (χ1v) is 4.18. The Hall–Kier alpha value is -1.91. The maximum absolute atomic E-state index is 12.5. The van der Waals surface area contributed by atoms with Crippen LogP contribution in [-0.4, -0.2) is 15.0 Å². The van der Waals surface area contributed by atoms with Crippen LogP contribution in [0.15, 0.2) is 30.7 Å². The zero-order valence-electron chi connectivity index (χ0n) is 7.37. The van der Waals surface area contributed by atoms with E-state index in [-0.39, 0.29) is 5.82 Å². The topological polar surface area (TPSA) is 53.6 Å². The van der Waals surface area contributed by atoms with E-state index in [9.17, 15) is 4.39 Å². The van der Waals surface area contributed by atoms with E-state index in [0.717, 1.165) is 5.82 Å². The maximum atomic E-state index is 12.5. The molecule has 0 aliphatic heterocycles. The average Bonchev–Trinajstić information content (AvgIpc) is 2.70. The third-order valence-electron chi connectivity index (χ3n) is 1.72. The van der Waals surface area contributed by atoms with Crippen LogP contribution in [0.3, 0.4) is 0 Å². The lowest BCUT2D eigenvalue weighted by atomic mass is 10.4. The number of rotatable bonds is 3. The van der Waals surface area contributed by atoms with Crippen LogP contribution in [0.4, 0.5) is 10.2 Å². The molecule has 2 aromatic rings. The molecule has 2 rings (SSSR count). The highest BCUT2D eigenvalue weighted by Crippen LogP contribution is 2.04. The van der Waals surface area contributed by atoms with Crippen LogP contribution in [0.2, 0.25) is 0 Å². The summed E-state index contributed by atoms with van der Waals surface area (Å²) < 4.78 is 12.5. The molecule has 0 bridgehead atoms. The van der Waals surface area contributed by atoms with Gasteiger partial charge in [0.25, 0.3) is 0 Å². The van der Waals surface area contributed by atoms with Gasteiger partial charge in [0.1, 0.15) is 17.5 Å². The largest absolute Gasteiger partial charge is 0.363 e. The molecule has 2 aromatic heterocycles. The minimum Gasteiger partial charge on any atom is -0.363 e. The molecule has 0 aliphatic rings. The average molecular weight is 192 g/mol. The molecule has 0 saturated carbocycles. The summed E-state index contributed by atoms with van der Waals surface area (Å²) in [7, 11) is 0. The maximum Gasteiger partial charge on any atom is 0.141 e. The standard InChI is InChI=1S/C9H9FN4/c10-7-1-2-8(13-5-7)14-6-9-11-3-4-12-9/h1-5H,6H2,(H,11,12)(H,13,14). The van der Waals surface area contributed by atoms with Crippen LogP contribution < -0.4 is 5.32 Å². The first kappa shape index (κ1) is 8.68. The number of anilines is 1. The molecule has 0 amide bonds. The van der Waals surface area contributed by atoms with Crippen LogP contribution in [0.1, 0.15) is 5.82 Å². The number of nitrogens with one attached hydrogen (secondary N) is 2. The SMILES string of the molecule is Fc1ccc(NCc2ncc[nH]2)nc1. The predicted octanol–water partition coefficient (Wildman–Crippen LogP) is 1.56. The van der Waals surface area contributed by atoms with Gasteiger partial charge >= 0.3 is 0 Å². The van der Waals surface area contributed by atoms with E-state index in [1.54, 1.807) is 18.5 Å². The van der Waals surface area contributed by atoms with Crippen molar-refractivity contribution in [1.82, 2.24) is 15.0 Å². The van der Waals surface area contributed by atoms with Gasteiger partial charge in [0, 0.05) is 12.4 Å². The van der Waals surface area contributed by atoms with E-state index in [4.69, 9.17) is 0 Å². The first-order valence-electron chi connectivity index (χ1n) is 4.18. The lowest BCUT2D eigenvalue weighted by Crippen LogP contribution is -2.02. The van der Waals surface area contributed by atoms with Gasteiger partial charge in [-0.3, -0.25) is 0 Å². The van der Waals surface area contributed by atoms with E-state index in [1.165, 1.54) is 12.3 Å². The van der Waals surface area contributed by atoms with Gasteiger partial charge in [0.2, 0.25) is 0 Å². The van der Waals surface area contributed by atoms with Crippen molar-refractivity contribution in [2.75, 3.05) is 5.32 Å².